The third kappa shape index (κ3) is 4.03. The molecule has 0 heterocycles. The molecule has 7 nitrogen and oxygen atoms in total. The van der Waals surface area contributed by atoms with Gasteiger partial charge in [-0.25, -0.2) is 0 Å². The number of non-ortho nitro benzene ring substituents is 1. The van der Waals surface area contributed by atoms with Gasteiger partial charge < -0.3 is 10.1 Å². The fourth-order valence-corrected chi connectivity index (χ4v) is 1.41. The zero-order valence-electron chi connectivity index (χ0n) is 9.05. The largest absolute Gasteiger partial charge is 0.482 e. The van der Waals surface area contributed by atoms with E-state index in [2.05, 4.69) is 21.2 Å². The number of nitro benzene ring substituents is 1. The fraction of sp³-hybridized carbons (Fsp3) is 0.200. The molecular formula is C10H8BrN3O4. The van der Waals surface area contributed by atoms with Crippen LogP contribution in [0.25, 0.3) is 0 Å². The first-order valence-electron chi connectivity index (χ1n) is 4.75. The molecule has 0 aromatic heterocycles. The number of carbonyl (C=O) groups excluding carboxylic acids is 1. The quantitative estimate of drug-likeness (QED) is 0.502. The molecule has 0 aliphatic carbocycles. The van der Waals surface area contributed by atoms with Gasteiger partial charge >= 0.3 is 0 Å². The van der Waals surface area contributed by atoms with Gasteiger partial charge in [0.1, 0.15) is 12.3 Å². The van der Waals surface area contributed by atoms with E-state index in [1.165, 1.54) is 18.2 Å². The summed E-state index contributed by atoms with van der Waals surface area (Å²) in [6.45, 7) is -0.431. The molecule has 0 atom stereocenters. The fourth-order valence-electron chi connectivity index (χ4n) is 1.05. The molecule has 0 saturated carbocycles. The predicted molar refractivity (Wildman–Crippen MR) is 64.9 cm³/mol. The summed E-state index contributed by atoms with van der Waals surface area (Å²) >= 11 is 3.15. The first-order valence-corrected chi connectivity index (χ1v) is 5.54. The zero-order valence-corrected chi connectivity index (χ0v) is 10.6. The SMILES string of the molecule is N#CCNC(=O)COc1cc([N+](=O)[O-])ccc1Br. The van der Waals surface area contributed by atoms with Gasteiger partial charge in [0.2, 0.25) is 0 Å². The van der Waals surface area contributed by atoms with Crippen molar-refractivity contribution >= 4 is 27.5 Å². The number of halogens is 1. The highest BCUT2D eigenvalue weighted by molar-refractivity contribution is 9.10. The third-order valence-electron chi connectivity index (χ3n) is 1.85. The molecular weight excluding hydrogens is 306 g/mol. The Bertz CT molecular complexity index is 512. The molecule has 8 heteroatoms. The van der Waals surface area contributed by atoms with Crippen LogP contribution < -0.4 is 10.1 Å². The number of nitrogens with zero attached hydrogens (tertiary/aromatic N) is 2. The summed E-state index contributed by atoms with van der Waals surface area (Å²) < 4.78 is 5.61. The molecule has 94 valence electrons. The minimum Gasteiger partial charge on any atom is -0.482 e. The van der Waals surface area contributed by atoms with Gasteiger partial charge in [0.05, 0.1) is 21.5 Å². The van der Waals surface area contributed by atoms with E-state index < -0.39 is 10.8 Å². The van der Waals surface area contributed by atoms with E-state index in [-0.39, 0.29) is 24.6 Å². The lowest BCUT2D eigenvalue weighted by molar-refractivity contribution is -0.385. The van der Waals surface area contributed by atoms with Crippen LogP contribution in [0.5, 0.6) is 5.75 Å². The second-order valence-corrected chi connectivity index (χ2v) is 3.95. The third-order valence-corrected chi connectivity index (χ3v) is 2.50. The average Bonchev–Trinajstić information content (AvgIpc) is 2.35. The Morgan fingerprint density at radius 3 is 2.94 bits per heavy atom. The van der Waals surface area contributed by atoms with Gasteiger partial charge in [0.25, 0.3) is 11.6 Å². The molecule has 0 aliphatic heterocycles. The van der Waals surface area contributed by atoms with E-state index in [0.717, 1.165) is 0 Å². The molecule has 0 spiro atoms. The molecule has 18 heavy (non-hydrogen) atoms. The highest BCUT2D eigenvalue weighted by atomic mass is 79.9. The molecule has 1 amide bonds. The smallest absolute Gasteiger partial charge is 0.273 e. The summed E-state index contributed by atoms with van der Waals surface area (Å²) in [6.07, 6.45) is 0. The molecule has 1 rings (SSSR count). The minimum atomic E-state index is -0.560. The average molecular weight is 314 g/mol. The molecule has 0 saturated heterocycles. The van der Waals surface area contributed by atoms with Crippen molar-refractivity contribution in [3.63, 3.8) is 0 Å². The second-order valence-electron chi connectivity index (χ2n) is 3.10. The number of nitriles is 1. The molecule has 0 unspecified atom stereocenters. The van der Waals surface area contributed by atoms with E-state index in [4.69, 9.17) is 10.00 Å². The number of nitrogens with one attached hydrogen (secondary N) is 1. The van der Waals surface area contributed by atoms with Crippen LogP contribution in [0, 0.1) is 21.4 Å². The lowest BCUT2D eigenvalue weighted by Gasteiger charge is -2.07. The number of hydrogen-bond donors (Lipinski definition) is 1. The number of benzene rings is 1. The lowest BCUT2D eigenvalue weighted by Crippen LogP contribution is -2.29. The van der Waals surface area contributed by atoms with Crippen molar-refractivity contribution in [3.8, 4) is 11.8 Å². The van der Waals surface area contributed by atoms with Gasteiger partial charge in [-0.1, -0.05) is 0 Å². The monoisotopic (exact) mass is 313 g/mol. The summed E-state index contributed by atoms with van der Waals surface area (Å²) in [4.78, 5) is 21.2. The van der Waals surface area contributed by atoms with E-state index in [9.17, 15) is 14.9 Å². The topological polar surface area (TPSA) is 105 Å². The Morgan fingerprint density at radius 1 is 1.61 bits per heavy atom. The maximum absolute atomic E-state index is 11.2. The maximum atomic E-state index is 11.2. The number of carbonyl (C=O) groups is 1. The zero-order chi connectivity index (χ0) is 13.5. The van der Waals surface area contributed by atoms with Gasteiger partial charge in [-0.15, -0.1) is 0 Å². The van der Waals surface area contributed by atoms with Crippen LogP contribution in [0.1, 0.15) is 0 Å². The molecule has 0 aliphatic rings. The Hall–Kier alpha value is -2.14. The minimum absolute atomic E-state index is 0.113. The molecule has 1 aromatic carbocycles. The van der Waals surface area contributed by atoms with Crippen molar-refractivity contribution in [1.82, 2.24) is 5.32 Å². The van der Waals surface area contributed by atoms with Crippen LogP contribution in [0.3, 0.4) is 0 Å². The first kappa shape index (κ1) is 13.9. The van der Waals surface area contributed by atoms with E-state index >= 15 is 0 Å². The summed E-state index contributed by atoms with van der Waals surface area (Å²) in [5.74, 6) is -0.286. The van der Waals surface area contributed by atoms with Crippen LogP contribution in [-0.2, 0) is 4.79 Å². The van der Waals surface area contributed by atoms with Gasteiger partial charge in [-0.2, -0.15) is 5.26 Å². The summed E-state index contributed by atoms with van der Waals surface area (Å²) in [5.41, 5.74) is -0.134. The van der Waals surface area contributed by atoms with Gasteiger partial charge in [0.15, 0.2) is 6.61 Å². The Morgan fingerprint density at radius 2 is 2.33 bits per heavy atom. The standard InChI is InChI=1S/C10H8BrN3O4/c11-8-2-1-7(14(16)17)5-9(8)18-6-10(15)13-4-3-12/h1-2,5H,4,6H2,(H,13,15). The number of nitro groups is 1. The predicted octanol–water partition coefficient (Wildman–Crippen LogP) is 1.38. The summed E-state index contributed by atoms with van der Waals surface area (Å²) in [5, 5.41) is 21.1. The number of hydrogen-bond acceptors (Lipinski definition) is 5. The van der Waals surface area contributed by atoms with Gasteiger partial charge in [0, 0.05) is 6.07 Å². The number of ether oxygens (including phenoxy) is 1. The molecule has 0 radical (unpaired) electrons. The van der Waals surface area contributed by atoms with Gasteiger partial charge in [-0.05, 0) is 22.0 Å². The molecule has 0 fully saturated rings. The first-order chi connectivity index (χ1) is 8.54. The van der Waals surface area contributed by atoms with E-state index in [0.29, 0.717) is 4.47 Å². The van der Waals surface area contributed by atoms with Crippen molar-refractivity contribution in [2.24, 2.45) is 0 Å². The van der Waals surface area contributed by atoms with Crippen LogP contribution in [0.4, 0.5) is 5.69 Å². The normalized spacial score (nSPS) is 9.33. The van der Waals surface area contributed by atoms with Crippen molar-refractivity contribution in [3.05, 3.63) is 32.8 Å². The van der Waals surface area contributed by atoms with Crippen molar-refractivity contribution < 1.29 is 14.5 Å². The summed E-state index contributed by atoms with van der Waals surface area (Å²) in [6, 6.07) is 5.73. The highest BCUT2D eigenvalue weighted by Gasteiger charge is 2.11. The molecule has 1 N–H and O–H groups in total. The Balaban J connectivity index is 2.67. The number of amides is 1. The Labute approximate surface area is 111 Å². The molecule has 1 aromatic rings. The Kier molecular flexibility index (Phi) is 5.07. The second kappa shape index (κ2) is 6.56. The van der Waals surface area contributed by atoms with Crippen LogP contribution in [-0.4, -0.2) is 24.0 Å². The van der Waals surface area contributed by atoms with Crippen LogP contribution in [0.2, 0.25) is 0 Å². The number of rotatable bonds is 5. The van der Waals surface area contributed by atoms with Crippen molar-refractivity contribution in [2.75, 3.05) is 13.2 Å². The highest BCUT2D eigenvalue weighted by Crippen LogP contribution is 2.29. The summed E-state index contributed by atoms with van der Waals surface area (Å²) in [7, 11) is 0. The molecule has 0 bridgehead atoms. The van der Waals surface area contributed by atoms with Gasteiger partial charge in [-0.3, -0.25) is 14.9 Å². The maximum Gasteiger partial charge on any atom is 0.273 e. The van der Waals surface area contributed by atoms with Crippen molar-refractivity contribution in [1.29, 1.82) is 5.26 Å². The van der Waals surface area contributed by atoms with Crippen LogP contribution >= 0.6 is 15.9 Å². The lowest BCUT2D eigenvalue weighted by atomic mass is 10.3. The van der Waals surface area contributed by atoms with Crippen LogP contribution in [0.15, 0.2) is 22.7 Å². The van der Waals surface area contributed by atoms with Crippen molar-refractivity contribution in [2.45, 2.75) is 0 Å². The van der Waals surface area contributed by atoms with E-state index in [1.807, 2.05) is 0 Å². The van der Waals surface area contributed by atoms with E-state index in [1.54, 1.807) is 6.07 Å².